The molecule has 128 valence electrons. The van der Waals surface area contributed by atoms with Gasteiger partial charge in [0.25, 0.3) is 0 Å². The Bertz CT molecular complexity index is 737. The van der Waals surface area contributed by atoms with Crippen LogP contribution in [0, 0.1) is 6.92 Å². The number of morpholine rings is 1. The molecule has 7 nitrogen and oxygen atoms in total. The number of hydrogen-bond donors (Lipinski definition) is 1. The third kappa shape index (κ3) is 3.98. The van der Waals surface area contributed by atoms with Crippen LogP contribution in [0.1, 0.15) is 23.4 Å². The Morgan fingerprint density at radius 1 is 1.42 bits per heavy atom. The second kappa shape index (κ2) is 7.38. The quantitative estimate of drug-likeness (QED) is 0.897. The maximum atomic E-state index is 12.3. The number of urea groups is 1. The summed E-state index contributed by atoms with van der Waals surface area (Å²) in [5.74, 6) is 0.903. The normalized spacial score (nSPS) is 17.8. The largest absolute Gasteiger partial charge is 0.370 e. The van der Waals surface area contributed by atoms with Gasteiger partial charge in [-0.15, -0.1) is 0 Å². The smallest absolute Gasteiger partial charge is 0.317 e. The molecule has 1 fully saturated rings. The second-order valence-corrected chi connectivity index (χ2v) is 6.18. The summed E-state index contributed by atoms with van der Waals surface area (Å²) in [4.78, 5) is 18.0. The maximum Gasteiger partial charge on any atom is 0.317 e. The van der Waals surface area contributed by atoms with Gasteiger partial charge in [-0.1, -0.05) is 34.4 Å². The molecule has 2 heterocycles. The van der Waals surface area contributed by atoms with Gasteiger partial charge in [0.15, 0.2) is 5.82 Å². The molecule has 0 saturated carbocycles. The van der Waals surface area contributed by atoms with Gasteiger partial charge in [-0.05, 0) is 17.7 Å². The van der Waals surface area contributed by atoms with Gasteiger partial charge in [0, 0.05) is 13.5 Å². The van der Waals surface area contributed by atoms with Crippen molar-refractivity contribution in [3.8, 4) is 0 Å². The van der Waals surface area contributed by atoms with Gasteiger partial charge in [-0.25, -0.2) is 4.79 Å². The maximum absolute atomic E-state index is 12.3. The fourth-order valence-electron chi connectivity index (χ4n) is 2.43. The second-order valence-electron chi connectivity index (χ2n) is 5.37. The van der Waals surface area contributed by atoms with Crippen molar-refractivity contribution in [3.05, 3.63) is 45.5 Å². The van der Waals surface area contributed by atoms with Crippen molar-refractivity contribution in [1.29, 1.82) is 0 Å². The molecule has 2 amide bonds. The third-order valence-electron chi connectivity index (χ3n) is 3.64. The lowest BCUT2D eigenvalue weighted by Crippen LogP contribution is -2.47. The van der Waals surface area contributed by atoms with Crippen molar-refractivity contribution < 1.29 is 14.1 Å². The van der Waals surface area contributed by atoms with Gasteiger partial charge in [-0.2, -0.15) is 4.98 Å². The number of halogens is 2. The SMILES string of the molecule is Cc1nc(CNC(=O)N2CCO[C@H](c3ccc(Cl)c(Cl)c3)C2)no1. The molecule has 1 aromatic heterocycles. The number of ether oxygens (including phenoxy) is 1. The summed E-state index contributed by atoms with van der Waals surface area (Å²) < 4.78 is 10.6. The van der Waals surface area contributed by atoms with Gasteiger partial charge >= 0.3 is 6.03 Å². The first-order valence-corrected chi connectivity index (χ1v) is 8.17. The van der Waals surface area contributed by atoms with E-state index in [-0.39, 0.29) is 18.7 Å². The first-order valence-electron chi connectivity index (χ1n) is 7.41. The highest BCUT2D eigenvalue weighted by molar-refractivity contribution is 6.42. The Labute approximate surface area is 148 Å². The van der Waals surface area contributed by atoms with Crippen LogP contribution in [0.2, 0.25) is 10.0 Å². The molecule has 24 heavy (non-hydrogen) atoms. The number of nitrogens with zero attached hydrogens (tertiary/aromatic N) is 3. The fourth-order valence-corrected chi connectivity index (χ4v) is 2.73. The van der Waals surface area contributed by atoms with Crippen molar-refractivity contribution >= 4 is 29.2 Å². The molecule has 1 atom stereocenters. The van der Waals surface area contributed by atoms with Gasteiger partial charge in [0.2, 0.25) is 5.89 Å². The van der Waals surface area contributed by atoms with Crippen molar-refractivity contribution in [3.63, 3.8) is 0 Å². The number of aromatic nitrogens is 2. The van der Waals surface area contributed by atoms with Crippen LogP contribution < -0.4 is 5.32 Å². The summed E-state index contributed by atoms with van der Waals surface area (Å²) >= 11 is 12.0. The molecule has 1 aliphatic rings. The number of hydrogen-bond acceptors (Lipinski definition) is 5. The Morgan fingerprint density at radius 3 is 2.96 bits per heavy atom. The first-order chi connectivity index (χ1) is 11.5. The lowest BCUT2D eigenvalue weighted by atomic mass is 10.1. The van der Waals surface area contributed by atoms with Gasteiger partial charge in [0.05, 0.1) is 29.7 Å². The van der Waals surface area contributed by atoms with Crippen LogP contribution in [0.15, 0.2) is 22.7 Å². The number of carbonyl (C=O) groups excluding carboxylic acids is 1. The molecule has 1 saturated heterocycles. The number of rotatable bonds is 3. The van der Waals surface area contributed by atoms with Crippen LogP contribution in [-0.2, 0) is 11.3 Å². The summed E-state index contributed by atoms with van der Waals surface area (Å²) in [7, 11) is 0. The highest BCUT2D eigenvalue weighted by Gasteiger charge is 2.26. The Hall–Kier alpha value is -1.83. The molecular weight excluding hydrogens is 355 g/mol. The Kier molecular flexibility index (Phi) is 5.23. The van der Waals surface area contributed by atoms with E-state index >= 15 is 0 Å². The molecule has 0 spiro atoms. The number of amides is 2. The molecule has 0 aliphatic carbocycles. The van der Waals surface area contributed by atoms with Gasteiger partial charge < -0.3 is 19.5 Å². The van der Waals surface area contributed by atoms with Gasteiger partial charge in [-0.3, -0.25) is 0 Å². The predicted octanol–water partition coefficient (Wildman–Crippen LogP) is 2.97. The molecule has 0 unspecified atom stereocenters. The summed E-state index contributed by atoms with van der Waals surface area (Å²) in [6.45, 7) is 3.29. The minimum absolute atomic E-state index is 0.203. The monoisotopic (exact) mass is 370 g/mol. The average Bonchev–Trinajstić information content (AvgIpc) is 3.00. The van der Waals surface area contributed by atoms with Crippen molar-refractivity contribution in [1.82, 2.24) is 20.4 Å². The molecule has 2 aromatic rings. The van der Waals surface area contributed by atoms with Crippen molar-refractivity contribution in [2.45, 2.75) is 19.6 Å². The summed E-state index contributed by atoms with van der Waals surface area (Å²) in [5, 5.41) is 7.47. The minimum atomic E-state index is -0.244. The van der Waals surface area contributed by atoms with Crippen LogP contribution in [0.3, 0.4) is 0 Å². The zero-order valence-electron chi connectivity index (χ0n) is 13.0. The lowest BCUT2D eigenvalue weighted by molar-refractivity contribution is -0.0155. The zero-order valence-corrected chi connectivity index (χ0v) is 14.5. The van der Waals surface area contributed by atoms with E-state index in [1.165, 1.54) is 0 Å². The van der Waals surface area contributed by atoms with Crippen molar-refractivity contribution in [2.24, 2.45) is 0 Å². The number of aryl methyl sites for hydroxylation is 1. The summed E-state index contributed by atoms with van der Waals surface area (Å²) in [6.07, 6.45) is -0.244. The molecular formula is C15H16Cl2N4O3. The molecule has 0 radical (unpaired) electrons. The highest BCUT2D eigenvalue weighted by atomic mass is 35.5. The number of benzene rings is 1. The van der Waals surface area contributed by atoms with E-state index in [0.717, 1.165) is 5.56 Å². The first kappa shape index (κ1) is 17.0. The van der Waals surface area contributed by atoms with Gasteiger partial charge in [0.1, 0.15) is 6.10 Å². The van der Waals surface area contributed by atoms with Crippen LogP contribution in [-0.4, -0.2) is 40.8 Å². The van der Waals surface area contributed by atoms with Crippen LogP contribution in [0.5, 0.6) is 0 Å². The summed E-state index contributed by atoms with van der Waals surface area (Å²) in [6, 6.07) is 5.13. The Morgan fingerprint density at radius 2 is 2.25 bits per heavy atom. The standard InChI is InChI=1S/C15H16Cl2N4O3/c1-9-19-14(20-24-9)7-18-15(22)21-4-5-23-13(8-21)10-2-3-11(16)12(17)6-10/h2-3,6,13H,4-5,7-8H2,1H3,(H,18,22)/t13-/m0/s1. The van der Waals surface area contributed by atoms with E-state index in [2.05, 4.69) is 15.5 Å². The fraction of sp³-hybridized carbons (Fsp3) is 0.400. The van der Waals surface area contributed by atoms with E-state index in [1.54, 1.807) is 24.0 Å². The highest BCUT2D eigenvalue weighted by Crippen LogP contribution is 2.29. The van der Waals surface area contributed by atoms with Crippen LogP contribution >= 0.6 is 23.2 Å². The molecule has 1 aliphatic heterocycles. The molecule has 9 heteroatoms. The summed E-state index contributed by atoms with van der Waals surface area (Å²) in [5.41, 5.74) is 0.885. The third-order valence-corrected chi connectivity index (χ3v) is 4.38. The predicted molar refractivity (Wildman–Crippen MR) is 88.0 cm³/mol. The average molecular weight is 371 g/mol. The van der Waals surface area contributed by atoms with E-state index in [1.807, 2.05) is 6.07 Å². The van der Waals surface area contributed by atoms with Crippen molar-refractivity contribution in [2.75, 3.05) is 19.7 Å². The Balaban J connectivity index is 1.60. The van der Waals surface area contributed by atoms with E-state index < -0.39 is 0 Å². The molecule has 3 rings (SSSR count). The van der Waals surface area contributed by atoms with Crippen LogP contribution in [0.4, 0.5) is 4.79 Å². The van der Waals surface area contributed by atoms with E-state index in [4.69, 9.17) is 32.5 Å². The number of carbonyl (C=O) groups is 1. The van der Waals surface area contributed by atoms with Crippen LogP contribution in [0.25, 0.3) is 0 Å². The molecule has 0 bridgehead atoms. The van der Waals surface area contributed by atoms with E-state index in [9.17, 15) is 4.79 Å². The zero-order chi connectivity index (χ0) is 17.1. The van der Waals surface area contributed by atoms with E-state index in [0.29, 0.717) is 41.5 Å². The lowest BCUT2D eigenvalue weighted by Gasteiger charge is -2.33. The molecule has 1 aromatic carbocycles. The number of nitrogens with one attached hydrogen (secondary N) is 1. The minimum Gasteiger partial charge on any atom is -0.370 e. The molecule has 1 N–H and O–H groups in total. The topological polar surface area (TPSA) is 80.5 Å².